The fourth-order valence-corrected chi connectivity index (χ4v) is 3.88. The Morgan fingerprint density at radius 2 is 2.00 bits per heavy atom. The van der Waals surface area contributed by atoms with E-state index >= 15 is 0 Å². The van der Waals surface area contributed by atoms with Gasteiger partial charge in [0, 0.05) is 65.3 Å². The monoisotopic (exact) mass is 382 g/mol. The Balaban J connectivity index is 1.53. The number of benzene rings is 1. The topological polar surface area (TPSA) is 94.8 Å². The maximum atomic E-state index is 6.20. The van der Waals surface area contributed by atoms with Gasteiger partial charge in [-0.15, -0.1) is 0 Å². The molecule has 7 heteroatoms. The summed E-state index contributed by atoms with van der Waals surface area (Å²) >= 11 is 0. The molecule has 0 radical (unpaired) electrons. The lowest BCUT2D eigenvalue weighted by atomic mass is 10.0. The van der Waals surface area contributed by atoms with E-state index in [1.165, 1.54) is 0 Å². The van der Waals surface area contributed by atoms with Gasteiger partial charge in [-0.3, -0.25) is 9.67 Å². The second kappa shape index (κ2) is 6.15. The SMILES string of the molecule is Nc1ncc(-c2cnn(C3CNC3)c2)c2cc(-c3cccc4cnccc34)oc12. The summed E-state index contributed by atoms with van der Waals surface area (Å²) in [4.78, 5) is 8.58. The number of nitrogen functional groups attached to an aromatic ring is 1. The molecule has 1 aliphatic heterocycles. The van der Waals surface area contributed by atoms with Crippen LogP contribution >= 0.6 is 0 Å². The highest BCUT2D eigenvalue weighted by molar-refractivity contribution is 6.03. The van der Waals surface area contributed by atoms with Gasteiger partial charge in [0.2, 0.25) is 0 Å². The Kier molecular flexibility index (Phi) is 3.45. The Morgan fingerprint density at radius 3 is 2.86 bits per heavy atom. The summed E-state index contributed by atoms with van der Waals surface area (Å²) in [5.41, 5.74) is 9.71. The van der Waals surface area contributed by atoms with Crippen LogP contribution in [0.3, 0.4) is 0 Å². The number of pyridine rings is 2. The molecule has 6 rings (SSSR count). The quantitative estimate of drug-likeness (QED) is 0.495. The van der Waals surface area contributed by atoms with E-state index < -0.39 is 0 Å². The van der Waals surface area contributed by atoms with Crippen LogP contribution in [0.15, 0.2) is 65.7 Å². The summed E-state index contributed by atoms with van der Waals surface area (Å²) in [6.45, 7) is 1.89. The maximum absolute atomic E-state index is 6.20. The molecule has 0 atom stereocenters. The summed E-state index contributed by atoms with van der Waals surface area (Å²) in [7, 11) is 0. The molecule has 0 aliphatic carbocycles. The standard InChI is InChI=1S/C22H18N6O/c23-22-21-18(19(11-26-22)14-8-27-28(12-14)15-9-25-10-15)6-20(29-21)17-3-1-2-13-7-24-5-4-16(13)17/h1-8,11-12,15,25H,9-10H2,(H2,23,26). The predicted octanol–water partition coefficient (Wildman–Crippen LogP) is 3.63. The highest BCUT2D eigenvalue weighted by Crippen LogP contribution is 2.38. The van der Waals surface area contributed by atoms with Crippen LogP contribution in [-0.2, 0) is 0 Å². The number of nitrogens with zero attached hydrogens (tertiary/aromatic N) is 4. The molecule has 5 aromatic rings. The van der Waals surface area contributed by atoms with E-state index in [9.17, 15) is 0 Å². The first-order chi connectivity index (χ1) is 14.3. The molecule has 0 saturated carbocycles. The Morgan fingerprint density at radius 1 is 1.07 bits per heavy atom. The third-order valence-corrected chi connectivity index (χ3v) is 5.58. The number of rotatable bonds is 3. The third kappa shape index (κ3) is 2.51. The van der Waals surface area contributed by atoms with Gasteiger partial charge < -0.3 is 15.5 Å². The normalized spacial score (nSPS) is 14.5. The van der Waals surface area contributed by atoms with Crippen LogP contribution in [0.25, 0.3) is 44.2 Å². The third-order valence-electron chi connectivity index (χ3n) is 5.58. The number of aromatic nitrogens is 4. The van der Waals surface area contributed by atoms with Gasteiger partial charge in [0.25, 0.3) is 0 Å². The molecule has 0 spiro atoms. The zero-order valence-corrected chi connectivity index (χ0v) is 15.5. The minimum atomic E-state index is 0.382. The fourth-order valence-electron chi connectivity index (χ4n) is 3.88. The van der Waals surface area contributed by atoms with E-state index in [0.29, 0.717) is 17.4 Å². The van der Waals surface area contributed by atoms with E-state index in [-0.39, 0.29) is 0 Å². The Hall–Kier alpha value is -3.71. The molecule has 0 amide bonds. The number of nitrogens with one attached hydrogen (secondary N) is 1. The molecule has 1 fully saturated rings. The van der Waals surface area contributed by atoms with E-state index in [0.717, 1.165) is 51.7 Å². The van der Waals surface area contributed by atoms with Gasteiger partial charge in [-0.25, -0.2) is 4.98 Å². The molecule has 3 N–H and O–H groups in total. The molecule has 1 aliphatic rings. The van der Waals surface area contributed by atoms with Crippen molar-refractivity contribution in [3.8, 4) is 22.5 Å². The molecule has 1 aromatic carbocycles. The molecule has 5 heterocycles. The summed E-state index contributed by atoms with van der Waals surface area (Å²) in [5, 5.41) is 10.9. The Bertz CT molecular complexity index is 1360. The molecule has 1 saturated heterocycles. The summed E-state index contributed by atoms with van der Waals surface area (Å²) in [6.07, 6.45) is 9.38. The lowest BCUT2D eigenvalue weighted by Gasteiger charge is -2.27. The van der Waals surface area contributed by atoms with Crippen molar-refractivity contribution in [3.63, 3.8) is 0 Å². The van der Waals surface area contributed by atoms with Crippen molar-refractivity contribution in [1.29, 1.82) is 0 Å². The number of hydrogen-bond acceptors (Lipinski definition) is 6. The van der Waals surface area contributed by atoms with Gasteiger partial charge >= 0.3 is 0 Å². The van der Waals surface area contributed by atoms with Gasteiger partial charge in [-0.2, -0.15) is 5.10 Å². The van der Waals surface area contributed by atoms with Gasteiger partial charge in [-0.05, 0) is 17.5 Å². The maximum Gasteiger partial charge on any atom is 0.177 e. The van der Waals surface area contributed by atoms with Crippen molar-refractivity contribution < 1.29 is 4.42 Å². The van der Waals surface area contributed by atoms with E-state index in [1.807, 2.05) is 47.4 Å². The average Bonchev–Trinajstić information content (AvgIpc) is 3.35. The van der Waals surface area contributed by atoms with Crippen LogP contribution in [0.2, 0.25) is 0 Å². The highest BCUT2D eigenvalue weighted by Gasteiger charge is 2.21. The molecule has 0 bridgehead atoms. The lowest BCUT2D eigenvalue weighted by molar-refractivity contribution is 0.318. The molecule has 142 valence electrons. The van der Waals surface area contributed by atoms with Gasteiger partial charge in [-0.1, -0.05) is 18.2 Å². The fraction of sp³-hybridized carbons (Fsp3) is 0.136. The average molecular weight is 382 g/mol. The second-order valence-corrected chi connectivity index (χ2v) is 7.33. The molecule has 4 aromatic heterocycles. The lowest BCUT2D eigenvalue weighted by Crippen LogP contribution is -2.43. The smallest absolute Gasteiger partial charge is 0.177 e. The summed E-state index contributed by atoms with van der Waals surface area (Å²) in [5.74, 6) is 1.14. The first-order valence-corrected chi connectivity index (χ1v) is 9.54. The highest BCUT2D eigenvalue weighted by atomic mass is 16.3. The zero-order valence-electron chi connectivity index (χ0n) is 15.5. The van der Waals surface area contributed by atoms with E-state index in [4.69, 9.17) is 10.2 Å². The van der Waals surface area contributed by atoms with Gasteiger partial charge in [0.15, 0.2) is 11.4 Å². The van der Waals surface area contributed by atoms with Gasteiger partial charge in [0.1, 0.15) is 5.76 Å². The summed E-state index contributed by atoms with van der Waals surface area (Å²) < 4.78 is 8.20. The number of hydrogen-bond donors (Lipinski definition) is 2. The van der Waals surface area contributed by atoms with Crippen molar-refractivity contribution in [2.75, 3.05) is 18.8 Å². The second-order valence-electron chi connectivity index (χ2n) is 7.33. The number of nitrogens with two attached hydrogens (primary N) is 1. The van der Waals surface area contributed by atoms with Crippen LogP contribution in [0.1, 0.15) is 6.04 Å². The van der Waals surface area contributed by atoms with Crippen molar-refractivity contribution in [2.24, 2.45) is 0 Å². The van der Waals surface area contributed by atoms with Crippen LogP contribution in [-0.4, -0.2) is 32.8 Å². The summed E-state index contributed by atoms with van der Waals surface area (Å²) in [6, 6.07) is 10.5. The molecule has 0 unspecified atom stereocenters. The number of furan rings is 1. The van der Waals surface area contributed by atoms with E-state index in [1.54, 1.807) is 12.4 Å². The molecule has 29 heavy (non-hydrogen) atoms. The first-order valence-electron chi connectivity index (χ1n) is 9.54. The first kappa shape index (κ1) is 16.3. The van der Waals surface area contributed by atoms with Crippen molar-refractivity contribution >= 4 is 27.6 Å². The van der Waals surface area contributed by atoms with Gasteiger partial charge in [0.05, 0.1) is 12.2 Å². The van der Waals surface area contributed by atoms with Crippen molar-refractivity contribution in [2.45, 2.75) is 6.04 Å². The van der Waals surface area contributed by atoms with Crippen LogP contribution in [0.5, 0.6) is 0 Å². The predicted molar refractivity (Wildman–Crippen MR) is 112 cm³/mol. The van der Waals surface area contributed by atoms with Crippen LogP contribution in [0.4, 0.5) is 5.82 Å². The van der Waals surface area contributed by atoms with Crippen LogP contribution < -0.4 is 11.1 Å². The van der Waals surface area contributed by atoms with Crippen molar-refractivity contribution in [1.82, 2.24) is 25.1 Å². The minimum absolute atomic E-state index is 0.382. The number of fused-ring (bicyclic) bond motifs is 2. The molecule has 7 nitrogen and oxygen atoms in total. The Labute approximate surface area is 166 Å². The van der Waals surface area contributed by atoms with Crippen molar-refractivity contribution in [3.05, 3.63) is 61.3 Å². The molecular weight excluding hydrogens is 364 g/mol. The zero-order chi connectivity index (χ0) is 19.4. The number of anilines is 1. The largest absolute Gasteiger partial charge is 0.452 e. The minimum Gasteiger partial charge on any atom is -0.452 e. The van der Waals surface area contributed by atoms with Crippen LogP contribution in [0, 0.1) is 0 Å². The van der Waals surface area contributed by atoms with E-state index in [2.05, 4.69) is 26.6 Å². The molecular formula is C22H18N6O.